The monoisotopic (exact) mass is 316 g/mol. The second-order valence-corrected chi connectivity index (χ2v) is 8.70. The average molecular weight is 316 g/mol. The molecule has 0 radical (unpaired) electrons. The van der Waals surface area contributed by atoms with Gasteiger partial charge in [-0.1, -0.05) is 68.5 Å². The molecule has 0 spiro atoms. The number of thiophene rings is 1. The third-order valence-electron chi connectivity index (χ3n) is 5.64. The third-order valence-corrected chi connectivity index (χ3v) is 6.96. The molecule has 0 fully saturated rings. The standard InChI is InChI=1S/C22H20S/c1-22(2)13-15-10-11-19(22)18-12-20(23-21(15)18)17-9-5-7-14-6-3-4-8-16(14)17/h3-12,15,19H,13H2,1-2H3. The van der Waals surface area contributed by atoms with Crippen molar-refractivity contribution in [1.82, 2.24) is 0 Å². The van der Waals surface area contributed by atoms with Gasteiger partial charge in [0.15, 0.2) is 0 Å². The molecular weight excluding hydrogens is 296 g/mol. The smallest absolute Gasteiger partial charge is 0.0355 e. The van der Waals surface area contributed by atoms with Gasteiger partial charge >= 0.3 is 0 Å². The van der Waals surface area contributed by atoms with E-state index in [1.54, 1.807) is 10.4 Å². The predicted octanol–water partition coefficient (Wildman–Crippen LogP) is 6.74. The quantitative estimate of drug-likeness (QED) is 0.436. The Balaban J connectivity index is 1.71. The third kappa shape index (κ3) is 1.89. The lowest BCUT2D eigenvalue weighted by atomic mass is 9.61. The van der Waals surface area contributed by atoms with Crippen molar-refractivity contribution in [3.8, 4) is 10.4 Å². The van der Waals surface area contributed by atoms with Crippen molar-refractivity contribution in [2.24, 2.45) is 5.41 Å². The Morgan fingerprint density at radius 2 is 1.83 bits per heavy atom. The molecule has 0 nitrogen and oxygen atoms in total. The van der Waals surface area contributed by atoms with Crippen LogP contribution in [-0.4, -0.2) is 0 Å². The summed E-state index contributed by atoms with van der Waals surface area (Å²) in [4.78, 5) is 3.04. The van der Waals surface area contributed by atoms with E-state index in [-0.39, 0.29) is 0 Å². The Morgan fingerprint density at radius 3 is 2.70 bits per heavy atom. The van der Waals surface area contributed by atoms with Gasteiger partial charge in [0.1, 0.15) is 0 Å². The lowest BCUT2D eigenvalue weighted by molar-refractivity contribution is 0.254. The van der Waals surface area contributed by atoms with Crippen LogP contribution in [0.15, 0.2) is 60.7 Å². The molecule has 3 aliphatic carbocycles. The van der Waals surface area contributed by atoms with Crippen molar-refractivity contribution in [3.05, 3.63) is 71.1 Å². The molecule has 6 rings (SSSR count). The minimum atomic E-state index is 0.392. The van der Waals surface area contributed by atoms with Crippen molar-refractivity contribution in [3.63, 3.8) is 0 Å². The first-order valence-corrected chi connectivity index (χ1v) is 9.25. The highest BCUT2D eigenvalue weighted by molar-refractivity contribution is 7.16. The van der Waals surface area contributed by atoms with Gasteiger partial charge in [-0.05, 0) is 39.8 Å². The molecule has 3 aromatic rings. The summed E-state index contributed by atoms with van der Waals surface area (Å²) in [6.07, 6.45) is 6.19. The maximum Gasteiger partial charge on any atom is 0.0355 e. The number of hydrogen-bond donors (Lipinski definition) is 0. The van der Waals surface area contributed by atoms with Crippen LogP contribution in [-0.2, 0) is 0 Å². The maximum atomic E-state index is 2.48. The van der Waals surface area contributed by atoms with E-state index in [2.05, 4.69) is 74.5 Å². The highest BCUT2D eigenvalue weighted by Crippen LogP contribution is 2.58. The molecule has 1 aromatic heterocycles. The highest BCUT2D eigenvalue weighted by atomic mass is 32.1. The van der Waals surface area contributed by atoms with Crippen LogP contribution in [0.4, 0.5) is 0 Å². The molecule has 0 amide bonds. The van der Waals surface area contributed by atoms with Crippen molar-refractivity contribution in [2.75, 3.05) is 0 Å². The zero-order valence-corrected chi connectivity index (χ0v) is 14.4. The summed E-state index contributed by atoms with van der Waals surface area (Å²) in [5.74, 6) is 1.21. The van der Waals surface area contributed by atoms with Crippen LogP contribution >= 0.6 is 11.3 Å². The SMILES string of the molecule is CC1(C)CC2C=CC1c1cc(-c3cccc4ccccc34)sc12. The van der Waals surface area contributed by atoms with Gasteiger partial charge in [-0.15, -0.1) is 11.3 Å². The molecule has 0 N–H and O–H groups in total. The molecule has 2 aromatic carbocycles. The zero-order valence-electron chi connectivity index (χ0n) is 13.5. The molecule has 2 bridgehead atoms. The number of hydrogen-bond acceptors (Lipinski definition) is 1. The fourth-order valence-corrected chi connectivity index (χ4v) is 5.83. The molecule has 1 heteroatoms. The average Bonchev–Trinajstić information content (AvgIpc) is 3.00. The van der Waals surface area contributed by atoms with Crippen molar-refractivity contribution >= 4 is 22.1 Å². The molecule has 3 aliphatic rings. The largest absolute Gasteiger partial charge is 0.139 e. The number of benzene rings is 2. The van der Waals surface area contributed by atoms with Gasteiger partial charge in [0.25, 0.3) is 0 Å². The molecule has 2 atom stereocenters. The lowest BCUT2D eigenvalue weighted by Gasteiger charge is -2.44. The van der Waals surface area contributed by atoms with Crippen LogP contribution in [0.5, 0.6) is 0 Å². The van der Waals surface area contributed by atoms with E-state index in [1.807, 2.05) is 11.3 Å². The molecule has 114 valence electrons. The molecule has 0 aliphatic heterocycles. The van der Waals surface area contributed by atoms with Crippen LogP contribution < -0.4 is 0 Å². The first-order chi connectivity index (χ1) is 11.1. The lowest BCUT2D eigenvalue weighted by Crippen LogP contribution is -2.31. The highest BCUT2D eigenvalue weighted by Gasteiger charge is 2.42. The van der Waals surface area contributed by atoms with E-state index in [4.69, 9.17) is 0 Å². The Morgan fingerprint density at radius 1 is 1.00 bits per heavy atom. The summed E-state index contributed by atoms with van der Waals surface area (Å²) >= 11 is 2.02. The van der Waals surface area contributed by atoms with E-state index in [0.29, 0.717) is 17.3 Å². The van der Waals surface area contributed by atoms with E-state index in [9.17, 15) is 0 Å². The maximum absolute atomic E-state index is 2.48. The summed E-state index contributed by atoms with van der Waals surface area (Å²) in [5.41, 5.74) is 3.37. The first kappa shape index (κ1) is 13.6. The van der Waals surface area contributed by atoms with Gasteiger partial charge in [-0.2, -0.15) is 0 Å². The topological polar surface area (TPSA) is 0 Å². The molecule has 1 heterocycles. The van der Waals surface area contributed by atoms with Gasteiger partial charge in [0.05, 0.1) is 0 Å². The van der Waals surface area contributed by atoms with Crippen LogP contribution in [0.2, 0.25) is 0 Å². The van der Waals surface area contributed by atoms with E-state index in [1.165, 1.54) is 27.6 Å². The molecule has 0 saturated heterocycles. The summed E-state index contributed by atoms with van der Waals surface area (Å²) < 4.78 is 0. The zero-order chi connectivity index (χ0) is 15.6. The fourth-order valence-electron chi connectivity index (χ4n) is 4.50. The van der Waals surface area contributed by atoms with Crippen molar-refractivity contribution in [1.29, 1.82) is 0 Å². The number of rotatable bonds is 1. The van der Waals surface area contributed by atoms with Crippen molar-refractivity contribution in [2.45, 2.75) is 32.1 Å². The van der Waals surface area contributed by atoms with E-state index < -0.39 is 0 Å². The molecule has 2 unspecified atom stereocenters. The minimum Gasteiger partial charge on any atom is -0.139 e. The fraction of sp³-hybridized carbons (Fsp3) is 0.273. The Labute approximate surface area is 141 Å². The number of allylic oxidation sites excluding steroid dienone is 2. The van der Waals surface area contributed by atoms with Gasteiger partial charge < -0.3 is 0 Å². The molecular formula is C22H20S. The minimum absolute atomic E-state index is 0.392. The molecule has 0 saturated carbocycles. The summed E-state index contributed by atoms with van der Waals surface area (Å²) in [5, 5.41) is 2.70. The van der Waals surface area contributed by atoms with Gasteiger partial charge in [0, 0.05) is 21.6 Å². The first-order valence-electron chi connectivity index (χ1n) is 8.43. The summed E-state index contributed by atoms with van der Waals surface area (Å²) in [6.45, 7) is 4.85. The van der Waals surface area contributed by atoms with Gasteiger partial charge in [-0.3, -0.25) is 0 Å². The summed E-state index contributed by atoms with van der Waals surface area (Å²) in [6, 6.07) is 17.9. The van der Waals surface area contributed by atoms with Crippen LogP contribution in [0.3, 0.4) is 0 Å². The Kier molecular flexibility index (Phi) is 2.70. The predicted molar refractivity (Wildman–Crippen MR) is 100 cm³/mol. The summed E-state index contributed by atoms with van der Waals surface area (Å²) in [7, 11) is 0. The second-order valence-electron chi connectivity index (χ2n) is 7.62. The van der Waals surface area contributed by atoms with E-state index >= 15 is 0 Å². The van der Waals surface area contributed by atoms with Crippen LogP contribution in [0.25, 0.3) is 21.2 Å². The Hall–Kier alpha value is -1.86. The Bertz CT molecular complexity index is 936. The van der Waals surface area contributed by atoms with Crippen LogP contribution in [0.1, 0.15) is 42.5 Å². The normalized spacial score (nSPS) is 24.1. The molecule has 23 heavy (non-hydrogen) atoms. The van der Waals surface area contributed by atoms with E-state index in [0.717, 1.165) is 0 Å². The number of fused-ring (bicyclic) bond motifs is 2. The van der Waals surface area contributed by atoms with Crippen molar-refractivity contribution < 1.29 is 0 Å². The van der Waals surface area contributed by atoms with Gasteiger partial charge in [-0.25, -0.2) is 0 Å². The van der Waals surface area contributed by atoms with Crippen LogP contribution in [0, 0.1) is 5.41 Å². The van der Waals surface area contributed by atoms with Gasteiger partial charge in [0.2, 0.25) is 0 Å². The second kappa shape index (κ2) is 4.58.